The smallest absolute Gasteiger partial charge is 0.113 e. The van der Waals surface area contributed by atoms with Crippen molar-refractivity contribution < 1.29 is 0 Å². The van der Waals surface area contributed by atoms with Crippen molar-refractivity contribution in [3.05, 3.63) is 15.5 Å². The van der Waals surface area contributed by atoms with Gasteiger partial charge in [-0.3, -0.25) is 4.90 Å². The van der Waals surface area contributed by atoms with Gasteiger partial charge in [-0.1, -0.05) is 24.9 Å². The number of halogens is 1. The van der Waals surface area contributed by atoms with Crippen molar-refractivity contribution in [2.75, 3.05) is 19.6 Å². The van der Waals surface area contributed by atoms with Crippen LogP contribution in [-0.4, -0.2) is 29.5 Å². The topological polar surface area (TPSA) is 42.1 Å². The Morgan fingerprint density at radius 1 is 1.59 bits per heavy atom. The fraction of sp³-hybridized carbons (Fsp3) is 0.750. The van der Waals surface area contributed by atoms with Crippen LogP contribution in [0.5, 0.6) is 0 Å². The molecule has 0 bridgehead atoms. The van der Waals surface area contributed by atoms with Gasteiger partial charge in [-0.15, -0.1) is 11.3 Å². The van der Waals surface area contributed by atoms with Crippen LogP contribution < -0.4 is 5.73 Å². The van der Waals surface area contributed by atoms with E-state index in [0.717, 1.165) is 29.0 Å². The van der Waals surface area contributed by atoms with Crippen molar-refractivity contribution in [3.63, 3.8) is 0 Å². The molecule has 1 aliphatic rings. The van der Waals surface area contributed by atoms with E-state index in [0.29, 0.717) is 12.0 Å². The first-order chi connectivity index (χ1) is 8.26. The zero-order valence-electron chi connectivity index (χ0n) is 10.2. The van der Waals surface area contributed by atoms with Gasteiger partial charge in [0.05, 0.1) is 12.2 Å². The molecule has 0 amide bonds. The van der Waals surface area contributed by atoms with E-state index in [2.05, 4.69) is 16.8 Å². The summed E-state index contributed by atoms with van der Waals surface area (Å²) < 4.78 is 0.774. The molecule has 0 saturated carbocycles. The average molecular weight is 274 g/mol. The lowest BCUT2D eigenvalue weighted by Crippen LogP contribution is -2.35. The number of hydrogen-bond acceptors (Lipinski definition) is 4. The van der Waals surface area contributed by atoms with Gasteiger partial charge in [0.25, 0.3) is 0 Å². The molecule has 0 spiro atoms. The van der Waals surface area contributed by atoms with E-state index in [1.54, 1.807) is 17.5 Å². The first kappa shape index (κ1) is 13.3. The van der Waals surface area contributed by atoms with Crippen LogP contribution in [0.3, 0.4) is 0 Å². The van der Waals surface area contributed by atoms with Crippen LogP contribution in [0.25, 0.3) is 0 Å². The Bertz CT molecular complexity index is 341. The summed E-state index contributed by atoms with van der Waals surface area (Å²) in [6.45, 7) is 5.15. The summed E-state index contributed by atoms with van der Waals surface area (Å²) in [6.07, 6.45) is 5.50. The van der Waals surface area contributed by atoms with Gasteiger partial charge in [-0.05, 0) is 38.4 Å². The third-order valence-corrected chi connectivity index (χ3v) is 4.75. The molecule has 1 aliphatic heterocycles. The Hall–Kier alpha value is -0.160. The maximum absolute atomic E-state index is 6.01. The van der Waals surface area contributed by atoms with Crippen LogP contribution in [0, 0.1) is 5.92 Å². The molecule has 2 heterocycles. The highest BCUT2D eigenvalue weighted by atomic mass is 35.5. The summed E-state index contributed by atoms with van der Waals surface area (Å²) >= 11 is 7.61. The fourth-order valence-electron chi connectivity index (χ4n) is 2.68. The summed E-state index contributed by atoms with van der Waals surface area (Å²) in [5, 5.41) is 1.13. The quantitative estimate of drug-likeness (QED) is 0.921. The van der Waals surface area contributed by atoms with Gasteiger partial charge in [-0.25, -0.2) is 4.98 Å². The molecule has 2 atom stereocenters. The molecule has 1 saturated heterocycles. The number of nitrogens with zero attached hydrogens (tertiary/aromatic N) is 2. The average Bonchev–Trinajstić information content (AvgIpc) is 2.65. The largest absolute Gasteiger partial charge is 0.330 e. The van der Waals surface area contributed by atoms with Gasteiger partial charge < -0.3 is 5.73 Å². The van der Waals surface area contributed by atoms with Crippen LogP contribution in [-0.2, 0) is 0 Å². The monoisotopic (exact) mass is 273 g/mol. The molecule has 96 valence electrons. The summed E-state index contributed by atoms with van der Waals surface area (Å²) in [6, 6.07) is 0.366. The van der Waals surface area contributed by atoms with Crippen LogP contribution >= 0.6 is 22.9 Å². The molecule has 5 heteroatoms. The molecular weight excluding hydrogens is 254 g/mol. The van der Waals surface area contributed by atoms with E-state index in [1.165, 1.54) is 19.3 Å². The Morgan fingerprint density at radius 2 is 2.41 bits per heavy atom. The minimum absolute atomic E-state index is 0.366. The predicted octanol–water partition coefficient (Wildman–Crippen LogP) is 2.92. The number of hydrogen-bond donors (Lipinski definition) is 1. The molecule has 2 N–H and O–H groups in total. The second-order valence-electron chi connectivity index (χ2n) is 4.57. The summed E-state index contributed by atoms with van der Waals surface area (Å²) in [5.41, 5.74) is 5.94. The normalized spacial score (nSPS) is 27.0. The van der Waals surface area contributed by atoms with Gasteiger partial charge in [0.15, 0.2) is 0 Å². The molecule has 2 unspecified atom stereocenters. The van der Waals surface area contributed by atoms with Crippen LogP contribution in [0.2, 0.25) is 4.34 Å². The van der Waals surface area contributed by atoms with E-state index in [1.807, 2.05) is 0 Å². The van der Waals surface area contributed by atoms with Crippen molar-refractivity contribution >= 4 is 22.9 Å². The summed E-state index contributed by atoms with van der Waals surface area (Å²) in [5.74, 6) is 0.514. The Morgan fingerprint density at radius 3 is 3.00 bits per heavy atom. The molecule has 1 aromatic heterocycles. The molecule has 0 aromatic carbocycles. The van der Waals surface area contributed by atoms with Crippen molar-refractivity contribution in [1.82, 2.24) is 9.88 Å². The number of aromatic nitrogens is 1. The minimum atomic E-state index is 0.366. The molecule has 1 fully saturated rings. The third-order valence-electron chi connectivity index (χ3n) is 3.57. The van der Waals surface area contributed by atoms with Crippen LogP contribution in [0.15, 0.2) is 6.20 Å². The standard InChI is InChI=1S/C12H20ClN3S/c1-2-16-6-4-3-5-9(7-14)11(16)12-15-8-10(13)17-12/h8-9,11H,2-7,14H2,1H3. The first-order valence-electron chi connectivity index (χ1n) is 6.31. The highest BCUT2D eigenvalue weighted by Gasteiger charge is 2.31. The van der Waals surface area contributed by atoms with Gasteiger partial charge >= 0.3 is 0 Å². The lowest BCUT2D eigenvalue weighted by molar-refractivity contribution is 0.166. The maximum atomic E-state index is 6.01. The second kappa shape index (κ2) is 6.14. The Balaban J connectivity index is 2.27. The van der Waals surface area contributed by atoms with Crippen molar-refractivity contribution in [1.29, 1.82) is 0 Å². The predicted molar refractivity (Wildman–Crippen MR) is 73.5 cm³/mol. The highest BCUT2D eigenvalue weighted by molar-refractivity contribution is 7.15. The summed E-state index contributed by atoms with van der Waals surface area (Å²) in [7, 11) is 0. The molecule has 0 radical (unpaired) electrons. The van der Waals surface area contributed by atoms with E-state index in [4.69, 9.17) is 17.3 Å². The van der Waals surface area contributed by atoms with E-state index in [9.17, 15) is 0 Å². The molecule has 17 heavy (non-hydrogen) atoms. The number of likely N-dealkylation sites (tertiary alicyclic amines) is 1. The lowest BCUT2D eigenvalue weighted by Gasteiger charge is -2.32. The van der Waals surface area contributed by atoms with E-state index >= 15 is 0 Å². The Labute approximate surface area is 112 Å². The molecule has 1 aromatic rings. The van der Waals surface area contributed by atoms with Gasteiger partial charge in [0, 0.05) is 0 Å². The fourth-order valence-corrected chi connectivity index (χ4v) is 3.84. The van der Waals surface area contributed by atoms with Crippen LogP contribution in [0.4, 0.5) is 0 Å². The Kier molecular flexibility index (Phi) is 4.79. The van der Waals surface area contributed by atoms with E-state index in [-0.39, 0.29) is 0 Å². The molecule has 2 rings (SSSR count). The number of thiazole rings is 1. The number of nitrogens with two attached hydrogens (primary N) is 1. The molecule has 3 nitrogen and oxygen atoms in total. The van der Waals surface area contributed by atoms with Gasteiger partial charge in [0.2, 0.25) is 0 Å². The van der Waals surface area contributed by atoms with Gasteiger partial charge in [0.1, 0.15) is 9.34 Å². The minimum Gasteiger partial charge on any atom is -0.330 e. The van der Waals surface area contributed by atoms with Gasteiger partial charge in [-0.2, -0.15) is 0 Å². The van der Waals surface area contributed by atoms with Crippen LogP contribution in [0.1, 0.15) is 37.2 Å². The highest BCUT2D eigenvalue weighted by Crippen LogP contribution is 2.37. The SMILES string of the molecule is CCN1CCCCC(CN)C1c1ncc(Cl)s1. The van der Waals surface area contributed by atoms with Crippen molar-refractivity contribution in [3.8, 4) is 0 Å². The molecule has 0 aliphatic carbocycles. The maximum Gasteiger partial charge on any atom is 0.113 e. The van der Waals surface area contributed by atoms with E-state index < -0.39 is 0 Å². The zero-order chi connectivity index (χ0) is 12.3. The first-order valence-corrected chi connectivity index (χ1v) is 7.51. The summed E-state index contributed by atoms with van der Waals surface area (Å²) in [4.78, 5) is 6.97. The lowest BCUT2D eigenvalue weighted by atomic mass is 9.95. The second-order valence-corrected chi connectivity index (χ2v) is 6.26. The third kappa shape index (κ3) is 2.99. The van der Waals surface area contributed by atoms with Crippen molar-refractivity contribution in [2.45, 2.75) is 32.2 Å². The zero-order valence-corrected chi connectivity index (χ0v) is 11.8. The number of rotatable bonds is 3. The van der Waals surface area contributed by atoms with Crippen molar-refractivity contribution in [2.24, 2.45) is 11.7 Å². The molecular formula is C12H20ClN3S.